The Morgan fingerprint density at radius 3 is 2.60 bits per heavy atom. The van der Waals surface area contributed by atoms with Crippen molar-refractivity contribution in [2.24, 2.45) is 0 Å². The van der Waals surface area contributed by atoms with Gasteiger partial charge in [0.25, 0.3) is 0 Å². The van der Waals surface area contributed by atoms with Gasteiger partial charge in [0.2, 0.25) is 0 Å². The number of hydrogen-bond donors (Lipinski definition) is 1. The molecule has 0 radical (unpaired) electrons. The van der Waals surface area contributed by atoms with Crippen molar-refractivity contribution in [3.63, 3.8) is 0 Å². The van der Waals surface area contributed by atoms with Crippen molar-refractivity contribution in [1.29, 1.82) is 0 Å². The molecule has 2 heteroatoms. The fourth-order valence-electron chi connectivity index (χ4n) is 1.67. The summed E-state index contributed by atoms with van der Waals surface area (Å²) in [5.74, 6) is 0.954. The third-order valence-electron chi connectivity index (χ3n) is 2.35. The fourth-order valence-corrected chi connectivity index (χ4v) is 1.67. The van der Waals surface area contributed by atoms with Gasteiger partial charge in [-0.3, -0.25) is 0 Å². The van der Waals surface area contributed by atoms with Crippen molar-refractivity contribution in [2.45, 2.75) is 27.2 Å². The van der Waals surface area contributed by atoms with Crippen molar-refractivity contribution in [3.8, 4) is 5.75 Å². The van der Waals surface area contributed by atoms with Gasteiger partial charge < -0.3 is 9.72 Å². The molecular weight excluding hydrogens is 186 g/mol. The number of aromatic amines is 1. The van der Waals surface area contributed by atoms with E-state index < -0.39 is 0 Å². The lowest BCUT2D eigenvalue weighted by Gasteiger charge is -2.02. The van der Waals surface area contributed by atoms with Crippen LogP contribution in [0.15, 0.2) is 24.4 Å². The molecule has 1 heterocycles. The van der Waals surface area contributed by atoms with E-state index in [1.54, 1.807) is 7.11 Å². The van der Waals surface area contributed by atoms with Gasteiger partial charge in [0.1, 0.15) is 5.75 Å². The lowest BCUT2D eigenvalue weighted by molar-refractivity contribution is 0.419. The van der Waals surface area contributed by atoms with Crippen molar-refractivity contribution in [2.75, 3.05) is 7.11 Å². The van der Waals surface area contributed by atoms with E-state index in [0.717, 1.165) is 17.7 Å². The van der Waals surface area contributed by atoms with Gasteiger partial charge in [-0.15, -0.1) is 0 Å². The molecule has 1 N–H and O–H groups in total. The van der Waals surface area contributed by atoms with E-state index in [1.165, 1.54) is 10.9 Å². The topological polar surface area (TPSA) is 25.0 Å². The highest BCUT2D eigenvalue weighted by molar-refractivity contribution is 5.89. The third kappa shape index (κ3) is 2.14. The monoisotopic (exact) mass is 205 g/mol. The Hall–Kier alpha value is -1.44. The fraction of sp³-hybridized carbons (Fsp3) is 0.385. The van der Waals surface area contributed by atoms with Gasteiger partial charge >= 0.3 is 0 Å². The minimum Gasteiger partial charge on any atom is -0.496 e. The first kappa shape index (κ1) is 11.6. The third-order valence-corrected chi connectivity index (χ3v) is 2.35. The van der Waals surface area contributed by atoms with Crippen LogP contribution in [0.4, 0.5) is 0 Å². The molecule has 1 aromatic heterocycles. The van der Waals surface area contributed by atoms with Gasteiger partial charge in [0.15, 0.2) is 0 Å². The quantitative estimate of drug-likeness (QED) is 0.793. The van der Waals surface area contributed by atoms with Crippen molar-refractivity contribution in [3.05, 3.63) is 30.0 Å². The molecular formula is C13H19NO. The van der Waals surface area contributed by atoms with Crippen LogP contribution in [0.5, 0.6) is 5.75 Å². The lowest BCUT2D eigenvalue weighted by Crippen LogP contribution is -1.85. The van der Waals surface area contributed by atoms with Crippen molar-refractivity contribution >= 4 is 10.9 Å². The number of rotatable bonds is 2. The Labute approximate surface area is 91.3 Å². The van der Waals surface area contributed by atoms with E-state index >= 15 is 0 Å². The van der Waals surface area contributed by atoms with Crippen LogP contribution < -0.4 is 4.74 Å². The largest absolute Gasteiger partial charge is 0.496 e. The number of H-pyrrole nitrogens is 1. The summed E-state index contributed by atoms with van der Waals surface area (Å²) in [6.45, 7) is 6.15. The van der Waals surface area contributed by atoms with E-state index in [9.17, 15) is 0 Å². The van der Waals surface area contributed by atoms with Gasteiger partial charge in [-0.1, -0.05) is 26.8 Å². The molecule has 0 unspecified atom stereocenters. The number of hydrogen-bond acceptors (Lipinski definition) is 1. The maximum atomic E-state index is 5.31. The maximum absolute atomic E-state index is 5.31. The Balaban J connectivity index is 0.000000531. The maximum Gasteiger partial charge on any atom is 0.128 e. The van der Waals surface area contributed by atoms with E-state index in [2.05, 4.69) is 18.0 Å². The number of benzene rings is 1. The summed E-state index contributed by atoms with van der Waals surface area (Å²) < 4.78 is 5.31. The molecule has 1 aromatic carbocycles. The summed E-state index contributed by atoms with van der Waals surface area (Å²) >= 11 is 0. The van der Waals surface area contributed by atoms with E-state index in [-0.39, 0.29) is 0 Å². The minimum atomic E-state index is 0.954. The first-order valence-electron chi connectivity index (χ1n) is 5.49. The molecule has 0 aliphatic carbocycles. The predicted octanol–water partition coefficient (Wildman–Crippen LogP) is 3.77. The Bertz CT molecular complexity index is 417. The molecule has 0 spiro atoms. The number of ether oxygens (including phenoxy) is 1. The molecule has 0 aliphatic heterocycles. The number of fused-ring (bicyclic) bond motifs is 1. The molecule has 0 saturated heterocycles. The van der Waals surface area contributed by atoms with Crippen LogP contribution in [0.3, 0.4) is 0 Å². The Morgan fingerprint density at radius 1 is 1.27 bits per heavy atom. The van der Waals surface area contributed by atoms with Crippen LogP contribution in [0.25, 0.3) is 10.9 Å². The average Bonchev–Trinajstić information content (AvgIpc) is 2.74. The van der Waals surface area contributed by atoms with Crippen LogP contribution in [0, 0.1) is 0 Å². The highest BCUT2D eigenvalue weighted by Crippen LogP contribution is 2.28. The Morgan fingerprint density at radius 2 is 2.00 bits per heavy atom. The van der Waals surface area contributed by atoms with E-state index in [4.69, 9.17) is 4.74 Å². The summed E-state index contributed by atoms with van der Waals surface area (Å²) in [5, 5.41) is 1.22. The molecule has 2 rings (SSSR count). The van der Waals surface area contributed by atoms with Gasteiger partial charge in [0.05, 0.1) is 7.11 Å². The summed E-state index contributed by atoms with van der Waals surface area (Å²) in [5.41, 5.74) is 2.46. The van der Waals surface area contributed by atoms with Crippen LogP contribution >= 0.6 is 0 Å². The zero-order valence-corrected chi connectivity index (χ0v) is 9.92. The van der Waals surface area contributed by atoms with Gasteiger partial charge in [-0.05, 0) is 24.1 Å². The number of nitrogens with one attached hydrogen (secondary N) is 1. The first-order chi connectivity index (χ1) is 7.36. The zero-order chi connectivity index (χ0) is 11.3. The number of methoxy groups -OCH3 is 1. The highest BCUT2D eigenvalue weighted by Gasteiger charge is 2.06. The van der Waals surface area contributed by atoms with Gasteiger partial charge in [0, 0.05) is 17.1 Å². The predicted molar refractivity (Wildman–Crippen MR) is 65.6 cm³/mol. The van der Waals surface area contributed by atoms with Crippen molar-refractivity contribution < 1.29 is 4.74 Å². The number of aromatic nitrogens is 1. The minimum absolute atomic E-state index is 0.954. The molecule has 0 fully saturated rings. The molecule has 0 atom stereocenters. The van der Waals surface area contributed by atoms with Crippen molar-refractivity contribution in [1.82, 2.24) is 4.98 Å². The standard InChI is InChI=1S/C11H13NO.C2H6/c1-3-8-7-12-9-5-4-6-10(13-2)11(8)9;1-2/h4-7,12H,3H2,1-2H3;1-2H3. The smallest absolute Gasteiger partial charge is 0.128 e. The van der Waals surface area contributed by atoms with E-state index in [0.29, 0.717) is 0 Å². The molecule has 2 aromatic rings. The molecule has 15 heavy (non-hydrogen) atoms. The van der Waals surface area contributed by atoms with Crippen LogP contribution in [-0.4, -0.2) is 12.1 Å². The molecule has 0 bridgehead atoms. The van der Waals surface area contributed by atoms with E-state index in [1.807, 2.05) is 32.2 Å². The Kier molecular flexibility index (Phi) is 4.22. The number of aryl methyl sites for hydroxylation is 1. The van der Waals surface area contributed by atoms with Gasteiger partial charge in [-0.2, -0.15) is 0 Å². The zero-order valence-electron chi connectivity index (χ0n) is 9.92. The lowest BCUT2D eigenvalue weighted by atomic mass is 10.1. The van der Waals surface area contributed by atoms with Gasteiger partial charge in [-0.25, -0.2) is 0 Å². The summed E-state index contributed by atoms with van der Waals surface area (Å²) in [4.78, 5) is 3.23. The normalized spacial score (nSPS) is 9.60. The second-order valence-corrected chi connectivity index (χ2v) is 3.05. The summed E-state index contributed by atoms with van der Waals surface area (Å²) in [7, 11) is 1.71. The first-order valence-corrected chi connectivity index (χ1v) is 5.49. The highest BCUT2D eigenvalue weighted by atomic mass is 16.5. The SMILES string of the molecule is CC.CCc1c[nH]c2cccc(OC)c12. The van der Waals surface area contributed by atoms with Crippen LogP contribution in [-0.2, 0) is 6.42 Å². The molecule has 82 valence electrons. The second kappa shape index (κ2) is 5.44. The van der Waals surface area contributed by atoms with Crippen LogP contribution in [0.1, 0.15) is 26.3 Å². The summed E-state index contributed by atoms with van der Waals surface area (Å²) in [6.07, 6.45) is 3.08. The second-order valence-electron chi connectivity index (χ2n) is 3.05. The molecule has 2 nitrogen and oxygen atoms in total. The van der Waals surface area contributed by atoms with Crippen LogP contribution in [0.2, 0.25) is 0 Å². The molecule has 0 saturated carbocycles. The molecule has 0 amide bonds. The summed E-state index contributed by atoms with van der Waals surface area (Å²) in [6, 6.07) is 6.06. The molecule has 0 aliphatic rings. The average molecular weight is 205 g/mol.